The van der Waals surface area contributed by atoms with Gasteiger partial charge in [0.2, 0.25) is 5.91 Å². The fraction of sp³-hybridized carbons (Fsp3) is 0.0667. The van der Waals surface area contributed by atoms with E-state index in [0.29, 0.717) is 22.6 Å². The molecule has 0 aliphatic carbocycles. The van der Waals surface area contributed by atoms with Crippen LogP contribution in [-0.2, 0) is 11.2 Å². The first kappa shape index (κ1) is 11.9. The molecule has 4 heteroatoms. The average molecular weight is 272 g/mol. The zero-order valence-corrected chi connectivity index (χ0v) is 10.7. The molecule has 0 unspecified atom stereocenters. The number of benzene rings is 2. The number of carbonyl (C=O) groups is 2. The molecule has 0 spiro atoms. The van der Waals surface area contributed by atoms with Crippen molar-refractivity contribution >= 4 is 29.0 Å². The van der Waals surface area contributed by atoms with Crippen LogP contribution in [0, 0.1) is 0 Å². The maximum Gasteiger partial charge on any atom is 0.228 e. The van der Waals surface area contributed by atoms with Gasteiger partial charge in [0.1, 0.15) is 0 Å². The topological polar surface area (TPSA) is 46.2 Å². The molecule has 0 saturated heterocycles. The minimum Gasteiger partial charge on any atom is -0.326 e. The highest BCUT2D eigenvalue weighted by Crippen LogP contribution is 2.25. The molecule has 3 nitrogen and oxygen atoms in total. The van der Waals surface area contributed by atoms with E-state index in [1.165, 1.54) is 0 Å². The van der Waals surface area contributed by atoms with Gasteiger partial charge < -0.3 is 5.32 Å². The zero-order valence-electron chi connectivity index (χ0n) is 9.94. The molecule has 1 amide bonds. The standard InChI is InChI=1S/C15H10ClNO2/c16-12-4-1-9(2-5-12)15(19)10-3-6-13-11(7-10)8-14(18)17-13/h1-7H,8H2,(H,17,18). The van der Waals surface area contributed by atoms with Crippen molar-refractivity contribution in [3.05, 3.63) is 64.2 Å². The quantitative estimate of drug-likeness (QED) is 0.853. The summed E-state index contributed by atoms with van der Waals surface area (Å²) in [5, 5.41) is 3.34. The number of fused-ring (bicyclic) bond motifs is 1. The summed E-state index contributed by atoms with van der Waals surface area (Å²) >= 11 is 5.80. The lowest BCUT2D eigenvalue weighted by molar-refractivity contribution is -0.115. The van der Waals surface area contributed by atoms with Crippen molar-refractivity contribution in [2.75, 3.05) is 5.32 Å². The predicted molar refractivity (Wildman–Crippen MR) is 73.7 cm³/mol. The zero-order chi connectivity index (χ0) is 13.4. The van der Waals surface area contributed by atoms with Crippen LogP contribution in [0.25, 0.3) is 0 Å². The minimum atomic E-state index is -0.0705. The molecule has 0 fully saturated rings. The molecule has 0 atom stereocenters. The molecule has 2 aromatic carbocycles. The molecule has 2 aromatic rings. The van der Waals surface area contributed by atoms with Crippen molar-refractivity contribution in [1.29, 1.82) is 0 Å². The molecule has 0 aromatic heterocycles. The average Bonchev–Trinajstić information content (AvgIpc) is 2.77. The van der Waals surface area contributed by atoms with Crippen LogP contribution in [0.2, 0.25) is 5.02 Å². The molecule has 1 aliphatic rings. The van der Waals surface area contributed by atoms with Crippen LogP contribution < -0.4 is 5.32 Å². The number of hydrogen-bond donors (Lipinski definition) is 1. The number of nitrogens with one attached hydrogen (secondary N) is 1. The van der Waals surface area contributed by atoms with Crippen molar-refractivity contribution in [1.82, 2.24) is 0 Å². The van der Waals surface area contributed by atoms with Gasteiger partial charge in [0.15, 0.2) is 5.78 Å². The van der Waals surface area contributed by atoms with Gasteiger partial charge in [0.25, 0.3) is 0 Å². The summed E-state index contributed by atoms with van der Waals surface area (Å²) in [5.41, 5.74) is 2.82. The number of anilines is 1. The molecular formula is C15H10ClNO2. The highest BCUT2D eigenvalue weighted by Gasteiger charge is 2.19. The molecule has 94 valence electrons. The lowest BCUT2D eigenvalue weighted by Gasteiger charge is -2.04. The Balaban J connectivity index is 1.95. The van der Waals surface area contributed by atoms with E-state index in [0.717, 1.165) is 11.3 Å². The third-order valence-corrected chi connectivity index (χ3v) is 3.35. The molecule has 0 saturated carbocycles. The van der Waals surface area contributed by atoms with Crippen molar-refractivity contribution in [3.63, 3.8) is 0 Å². The van der Waals surface area contributed by atoms with Crippen LogP contribution in [0.3, 0.4) is 0 Å². The Labute approximate surface area is 115 Å². The first-order valence-corrected chi connectivity index (χ1v) is 6.24. The molecular weight excluding hydrogens is 262 g/mol. The SMILES string of the molecule is O=C1Cc2cc(C(=O)c3ccc(Cl)cc3)ccc2N1. The summed E-state index contributed by atoms with van der Waals surface area (Å²) in [6.07, 6.45) is 0.330. The van der Waals surface area contributed by atoms with E-state index in [1.807, 2.05) is 0 Å². The molecule has 0 bridgehead atoms. The normalized spacial score (nSPS) is 13.0. The van der Waals surface area contributed by atoms with Gasteiger partial charge in [0.05, 0.1) is 6.42 Å². The second-order valence-electron chi connectivity index (χ2n) is 4.43. The van der Waals surface area contributed by atoms with E-state index in [9.17, 15) is 9.59 Å². The van der Waals surface area contributed by atoms with Gasteiger partial charge in [-0.25, -0.2) is 0 Å². The van der Waals surface area contributed by atoms with Crippen LogP contribution >= 0.6 is 11.6 Å². The maximum atomic E-state index is 12.3. The summed E-state index contributed by atoms with van der Waals surface area (Å²) in [5.74, 6) is -0.107. The highest BCUT2D eigenvalue weighted by molar-refractivity contribution is 6.30. The molecule has 1 heterocycles. The maximum absolute atomic E-state index is 12.3. The van der Waals surface area contributed by atoms with E-state index >= 15 is 0 Å². The number of halogens is 1. The fourth-order valence-corrected chi connectivity index (χ4v) is 2.26. The minimum absolute atomic E-state index is 0.0360. The van der Waals surface area contributed by atoms with Gasteiger partial charge in [-0.15, -0.1) is 0 Å². The van der Waals surface area contributed by atoms with Crippen molar-refractivity contribution in [2.45, 2.75) is 6.42 Å². The monoisotopic (exact) mass is 271 g/mol. The van der Waals surface area contributed by atoms with Crippen LogP contribution in [0.4, 0.5) is 5.69 Å². The van der Waals surface area contributed by atoms with Crippen LogP contribution in [0.5, 0.6) is 0 Å². The largest absolute Gasteiger partial charge is 0.326 e. The van der Waals surface area contributed by atoms with Gasteiger partial charge in [-0.1, -0.05) is 11.6 Å². The van der Waals surface area contributed by atoms with E-state index in [4.69, 9.17) is 11.6 Å². The fourth-order valence-electron chi connectivity index (χ4n) is 2.14. The molecule has 0 radical (unpaired) electrons. The first-order chi connectivity index (χ1) is 9.13. The van der Waals surface area contributed by atoms with E-state index in [2.05, 4.69) is 5.32 Å². The van der Waals surface area contributed by atoms with Gasteiger partial charge >= 0.3 is 0 Å². The van der Waals surface area contributed by atoms with E-state index in [1.54, 1.807) is 42.5 Å². The molecule has 1 N–H and O–H groups in total. The van der Waals surface area contributed by atoms with Crippen molar-refractivity contribution < 1.29 is 9.59 Å². The second-order valence-corrected chi connectivity index (χ2v) is 4.87. The van der Waals surface area contributed by atoms with Crippen molar-refractivity contribution in [2.24, 2.45) is 0 Å². The number of rotatable bonds is 2. The summed E-state index contributed by atoms with van der Waals surface area (Å²) in [7, 11) is 0. The predicted octanol–water partition coefficient (Wildman–Crippen LogP) is 3.07. The summed E-state index contributed by atoms with van der Waals surface area (Å²) in [4.78, 5) is 23.6. The molecule has 19 heavy (non-hydrogen) atoms. The van der Waals surface area contributed by atoms with Crippen molar-refractivity contribution in [3.8, 4) is 0 Å². The Morgan fingerprint density at radius 2 is 1.74 bits per heavy atom. The lowest BCUT2D eigenvalue weighted by Crippen LogP contribution is -2.03. The number of amides is 1. The van der Waals surface area contributed by atoms with Gasteiger partial charge in [-0.3, -0.25) is 9.59 Å². The van der Waals surface area contributed by atoms with Crippen LogP contribution in [-0.4, -0.2) is 11.7 Å². The van der Waals surface area contributed by atoms with Gasteiger partial charge in [-0.05, 0) is 48.0 Å². The smallest absolute Gasteiger partial charge is 0.228 e. The Kier molecular flexibility index (Phi) is 2.84. The second kappa shape index (κ2) is 4.52. The molecule has 1 aliphatic heterocycles. The third-order valence-electron chi connectivity index (χ3n) is 3.10. The Bertz CT molecular complexity index is 677. The first-order valence-electron chi connectivity index (χ1n) is 5.86. The number of hydrogen-bond acceptors (Lipinski definition) is 2. The van der Waals surface area contributed by atoms with E-state index in [-0.39, 0.29) is 11.7 Å². The number of carbonyl (C=O) groups excluding carboxylic acids is 2. The third kappa shape index (κ3) is 2.25. The van der Waals surface area contributed by atoms with Crippen LogP contribution in [0.1, 0.15) is 21.5 Å². The van der Waals surface area contributed by atoms with Gasteiger partial charge in [-0.2, -0.15) is 0 Å². The summed E-state index contributed by atoms with van der Waals surface area (Å²) in [6, 6.07) is 12.0. The molecule has 3 rings (SSSR count). The Morgan fingerprint density at radius 3 is 2.47 bits per heavy atom. The Morgan fingerprint density at radius 1 is 1.05 bits per heavy atom. The van der Waals surface area contributed by atoms with E-state index < -0.39 is 0 Å². The Hall–Kier alpha value is -2.13. The number of ketones is 1. The van der Waals surface area contributed by atoms with Gasteiger partial charge in [0, 0.05) is 21.8 Å². The van der Waals surface area contributed by atoms with Crippen LogP contribution in [0.15, 0.2) is 42.5 Å². The summed E-state index contributed by atoms with van der Waals surface area (Å²) < 4.78 is 0. The lowest BCUT2D eigenvalue weighted by atomic mass is 10.0. The summed E-state index contributed by atoms with van der Waals surface area (Å²) in [6.45, 7) is 0. The highest BCUT2D eigenvalue weighted by atomic mass is 35.5.